The average molecular weight is 452 g/mol. The number of urea groups is 1. The summed E-state index contributed by atoms with van der Waals surface area (Å²) in [7, 11) is 0. The van der Waals surface area contributed by atoms with E-state index < -0.39 is 12.1 Å². The summed E-state index contributed by atoms with van der Waals surface area (Å²) in [5, 5.41) is 4.15. The number of amides is 3. The van der Waals surface area contributed by atoms with Crippen LogP contribution in [0.4, 0.5) is 15.3 Å². The van der Waals surface area contributed by atoms with E-state index in [1.54, 1.807) is 35.5 Å². The second-order valence-corrected chi connectivity index (χ2v) is 8.83. The van der Waals surface area contributed by atoms with Gasteiger partial charge in [-0.1, -0.05) is 29.8 Å². The quantitative estimate of drug-likeness (QED) is 0.614. The van der Waals surface area contributed by atoms with Crippen molar-refractivity contribution in [2.24, 2.45) is 11.7 Å². The van der Waals surface area contributed by atoms with Gasteiger partial charge in [0.2, 0.25) is 0 Å². The van der Waals surface area contributed by atoms with Gasteiger partial charge in [-0.25, -0.2) is 9.59 Å². The van der Waals surface area contributed by atoms with Crippen molar-refractivity contribution in [3.63, 3.8) is 0 Å². The number of rotatable bonds is 5. The molecule has 2 fully saturated rings. The van der Waals surface area contributed by atoms with Crippen molar-refractivity contribution in [2.75, 3.05) is 5.32 Å². The van der Waals surface area contributed by atoms with Crippen LogP contribution in [0.2, 0.25) is 5.02 Å². The molecule has 9 heteroatoms. The molecule has 1 aliphatic heterocycles. The second-order valence-electron chi connectivity index (χ2n) is 8.40. The number of halogens is 1. The summed E-state index contributed by atoms with van der Waals surface area (Å²) in [6.07, 6.45) is 7.22. The number of primary amides is 1. The van der Waals surface area contributed by atoms with Crippen LogP contribution in [0.5, 0.6) is 0 Å². The molecule has 0 radical (unpaired) electrons. The van der Waals surface area contributed by atoms with Gasteiger partial charge in [0, 0.05) is 36.4 Å². The van der Waals surface area contributed by atoms with Crippen LogP contribution in [0.3, 0.4) is 0 Å². The van der Waals surface area contributed by atoms with Gasteiger partial charge in [0.05, 0.1) is 22.3 Å². The fraction of sp³-hybridized carbons (Fsp3) is 0.304. The van der Waals surface area contributed by atoms with Gasteiger partial charge in [0.25, 0.3) is 0 Å². The number of fused-ring (bicyclic) bond motifs is 2. The van der Waals surface area contributed by atoms with Gasteiger partial charge in [0.1, 0.15) is 0 Å². The third-order valence-corrected chi connectivity index (χ3v) is 6.53. The number of pyridine rings is 1. The normalized spacial score (nSPS) is 21.4. The van der Waals surface area contributed by atoms with Crippen molar-refractivity contribution in [1.29, 1.82) is 0 Å². The lowest BCUT2D eigenvalue weighted by molar-refractivity contribution is -0.122. The van der Waals surface area contributed by atoms with Crippen LogP contribution in [-0.2, 0) is 11.2 Å². The number of hydrogen-bond acceptors (Lipinski definition) is 4. The van der Waals surface area contributed by atoms with Gasteiger partial charge in [-0.05, 0) is 42.9 Å². The molecule has 1 aliphatic carbocycles. The highest BCUT2D eigenvalue weighted by Crippen LogP contribution is 2.48. The Morgan fingerprint density at radius 3 is 2.78 bits per heavy atom. The molecule has 0 spiro atoms. The Labute approximate surface area is 189 Å². The fourth-order valence-electron chi connectivity index (χ4n) is 4.70. The number of hydrogen-bond donors (Lipinski definition) is 2. The van der Waals surface area contributed by atoms with Crippen LogP contribution in [0.1, 0.15) is 24.8 Å². The lowest BCUT2D eigenvalue weighted by Crippen LogP contribution is -2.45. The van der Waals surface area contributed by atoms with Gasteiger partial charge in [-0.2, -0.15) is 0 Å². The van der Waals surface area contributed by atoms with E-state index in [1.165, 1.54) is 10.8 Å². The summed E-state index contributed by atoms with van der Waals surface area (Å²) < 4.78 is 1.30. The lowest BCUT2D eigenvalue weighted by Gasteiger charge is -2.26. The summed E-state index contributed by atoms with van der Waals surface area (Å²) in [5.74, 6) is 0.404. The summed E-state index contributed by atoms with van der Waals surface area (Å²) in [4.78, 5) is 43.7. The van der Waals surface area contributed by atoms with E-state index in [9.17, 15) is 14.4 Å². The highest BCUT2D eigenvalue weighted by Gasteiger charge is 2.55. The van der Waals surface area contributed by atoms with E-state index in [1.807, 2.05) is 12.1 Å². The summed E-state index contributed by atoms with van der Waals surface area (Å²) in [5.41, 5.74) is 7.47. The number of piperidine rings is 1. The maximum Gasteiger partial charge on any atom is 0.323 e. The van der Waals surface area contributed by atoms with E-state index >= 15 is 0 Å². The van der Waals surface area contributed by atoms with Crippen molar-refractivity contribution in [2.45, 2.75) is 37.8 Å². The Balaban J connectivity index is 1.32. The number of ketones is 1. The number of anilines is 1. The van der Waals surface area contributed by atoms with Crippen molar-refractivity contribution in [3.05, 3.63) is 59.5 Å². The number of Topliss-reactive ketones (excluding diaryl/α,β-unsaturated/α-hetero) is 1. The number of benzene rings is 1. The summed E-state index contributed by atoms with van der Waals surface area (Å²) in [6, 6.07) is 7.68. The SMILES string of the molecule is NC(=O)n1cc(NC(=O)N2C3CC3C[C@H]2C(=O)CCc2cncc(Cl)c2)c2ccccc21. The Bertz CT molecular complexity index is 1240. The van der Waals surface area contributed by atoms with E-state index in [0.29, 0.717) is 46.8 Å². The molecule has 164 valence electrons. The van der Waals surface area contributed by atoms with E-state index in [4.69, 9.17) is 17.3 Å². The number of likely N-dealkylation sites (tertiary alicyclic amines) is 1. The number of para-hydroxylation sites is 1. The zero-order chi connectivity index (χ0) is 22.4. The smallest absolute Gasteiger partial charge is 0.323 e. The third-order valence-electron chi connectivity index (χ3n) is 6.32. The molecular weight excluding hydrogens is 430 g/mol. The number of aryl methyl sites for hydroxylation is 1. The predicted octanol–water partition coefficient (Wildman–Crippen LogP) is 3.81. The van der Waals surface area contributed by atoms with E-state index in [0.717, 1.165) is 12.0 Å². The van der Waals surface area contributed by atoms with Crippen molar-refractivity contribution >= 4 is 46.0 Å². The van der Waals surface area contributed by atoms with Gasteiger partial charge >= 0.3 is 12.1 Å². The van der Waals surface area contributed by atoms with Gasteiger partial charge < -0.3 is 16.0 Å². The van der Waals surface area contributed by atoms with E-state index in [2.05, 4.69) is 10.3 Å². The Hall–Kier alpha value is -3.39. The van der Waals surface area contributed by atoms with Gasteiger partial charge in [-0.15, -0.1) is 0 Å². The molecule has 2 aromatic heterocycles. The number of nitrogens with zero attached hydrogens (tertiary/aromatic N) is 3. The van der Waals surface area contributed by atoms with Crippen molar-refractivity contribution in [1.82, 2.24) is 14.5 Å². The lowest BCUT2D eigenvalue weighted by atomic mass is 10.0. The minimum Gasteiger partial charge on any atom is -0.351 e. The highest BCUT2D eigenvalue weighted by molar-refractivity contribution is 6.30. The first-order valence-corrected chi connectivity index (χ1v) is 10.9. The first kappa shape index (κ1) is 20.5. The Kier molecular flexibility index (Phi) is 5.09. The maximum atomic E-state index is 13.2. The molecule has 5 rings (SSSR count). The average Bonchev–Trinajstić information content (AvgIpc) is 3.28. The molecular formula is C23H22ClN5O3. The standard InChI is InChI=1S/C23H22ClN5O3/c24-15-7-13(10-26-11-15)5-6-21(30)20-9-14-8-19(14)29(20)23(32)27-17-12-28(22(25)31)18-4-2-1-3-16(17)18/h1-4,7,10-12,14,19-20H,5-6,8-9H2,(H2,25,31)(H,27,32)/t14?,19?,20-/m0/s1. The first-order valence-electron chi connectivity index (χ1n) is 10.5. The predicted molar refractivity (Wildman–Crippen MR) is 121 cm³/mol. The van der Waals surface area contributed by atoms with Crippen LogP contribution in [0.15, 0.2) is 48.9 Å². The van der Waals surface area contributed by atoms with Crippen LogP contribution in [0.25, 0.3) is 10.9 Å². The molecule has 3 atom stereocenters. The number of aromatic nitrogens is 2. The number of carbonyl (C=O) groups is 3. The largest absolute Gasteiger partial charge is 0.351 e. The molecule has 1 saturated carbocycles. The molecule has 8 nitrogen and oxygen atoms in total. The van der Waals surface area contributed by atoms with Crippen LogP contribution in [0, 0.1) is 5.92 Å². The first-order chi connectivity index (χ1) is 15.4. The van der Waals surface area contributed by atoms with Gasteiger partial charge in [-0.3, -0.25) is 14.3 Å². The number of nitrogens with one attached hydrogen (secondary N) is 1. The molecule has 3 N–H and O–H groups in total. The number of nitrogens with two attached hydrogens (primary N) is 1. The van der Waals surface area contributed by atoms with Crippen LogP contribution < -0.4 is 11.1 Å². The fourth-order valence-corrected chi connectivity index (χ4v) is 4.90. The van der Waals surface area contributed by atoms with Gasteiger partial charge in [0.15, 0.2) is 5.78 Å². The van der Waals surface area contributed by atoms with Crippen LogP contribution in [-0.4, -0.2) is 44.4 Å². The minimum absolute atomic E-state index is 0.0342. The molecule has 32 heavy (non-hydrogen) atoms. The highest BCUT2D eigenvalue weighted by atomic mass is 35.5. The maximum absolute atomic E-state index is 13.2. The molecule has 1 saturated heterocycles. The molecule has 3 amide bonds. The van der Waals surface area contributed by atoms with Crippen LogP contribution >= 0.6 is 11.6 Å². The zero-order valence-electron chi connectivity index (χ0n) is 17.2. The topological polar surface area (TPSA) is 110 Å². The molecule has 1 aromatic carbocycles. The molecule has 3 heterocycles. The number of carbonyl (C=O) groups excluding carboxylic acids is 3. The molecule has 2 unspecified atom stereocenters. The minimum atomic E-state index is -0.631. The van der Waals surface area contributed by atoms with E-state index in [-0.39, 0.29) is 17.9 Å². The van der Waals surface area contributed by atoms with Crippen molar-refractivity contribution in [3.8, 4) is 0 Å². The van der Waals surface area contributed by atoms with Crippen molar-refractivity contribution < 1.29 is 14.4 Å². The third kappa shape index (κ3) is 3.71. The molecule has 3 aromatic rings. The summed E-state index contributed by atoms with van der Waals surface area (Å²) >= 11 is 5.98. The summed E-state index contributed by atoms with van der Waals surface area (Å²) in [6.45, 7) is 0. The molecule has 0 bridgehead atoms. The molecule has 2 aliphatic rings. The second kappa shape index (κ2) is 7.94. The zero-order valence-corrected chi connectivity index (χ0v) is 18.0. The Morgan fingerprint density at radius 2 is 2.00 bits per heavy atom. The Morgan fingerprint density at radius 1 is 1.19 bits per heavy atom. The monoisotopic (exact) mass is 451 g/mol.